The molecule has 1 aromatic heterocycles. The van der Waals surface area contributed by atoms with Gasteiger partial charge in [0, 0.05) is 13.1 Å². The molecule has 2 heterocycles. The molecule has 0 aliphatic carbocycles. The van der Waals surface area contributed by atoms with E-state index in [1.165, 1.54) is 4.68 Å². The maximum absolute atomic E-state index is 12.5. The van der Waals surface area contributed by atoms with Crippen molar-refractivity contribution < 1.29 is 9.53 Å². The highest BCUT2D eigenvalue weighted by Gasteiger charge is 2.36. The Morgan fingerprint density at radius 1 is 1.31 bits per heavy atom. The molecule has 8 nitrogen and oxygen atoms in total. The molecule has 0 atom stereocenters. The molecule has 138 valence electrons. The quantitative estimate of drug-likeness (QED) is 0.753. The molecule has 1 aliphatic heterocycles. The number of piperidine rings is 1. The first-order valence-corrected chi connectivity index (χ1v) is 8.70. The third-order valence-corrected chi connectivity index (χ3v) is 4.78. The van der Waals surface area contributed by atoms with Gasteiger partial charge in [0.15, 0.2) is 0 Å². The highest BCUT2D eigenvalue weighted by atomic mass is 16.5. The van der Waals surface area contributed by atoms with Crippen LogP contribution in [0, 0.1) is 0 Å². The number of rotatable bonds is 7. The third kappa shape index (κ3) is 4.26. The van der Waals surface area contributed by atoms with Gasteiger partial charge in [0.25, 0.3) is 0 Å². The molecule has 1 amide bonds. The Morgan fingerprint density at radius 3 is 2.65 bits per heavy atom. The van der Waals surface area contributed by atoms with Gasteiger partial charge in [-0.25, -0.2) is 4.68 Å². The van der Waals surface area contributed by atoms with Gasteiger partial charge in [-0.1, -0.05) is 41.5 Å². The lowest BCUT2D eigenvalue weighted by Crippen LogP contribution is -2.48. The molecule has 8 heteroatoms. The molecule has 1 fully saturated rings. The highest BCUT2D eigenvalue weighted by Crippen LogP contribution is 2.31. The van der Waals surface area contributed by atoms with E-state index in [1.54, 1.807) is 0 Å². The summed E-state index contributed by atoms with van der Waals surface area (Å²) in [5.74, 6) is 0.0989. The number of ether oxygens (including phenoxy) is 1. The van der Waals surface area contributed by atoms with Crippen LogP contribution < -0.4 is 5.73 Å². The molecular weight excluding hydrogens is 332 g/mol. The number of tetrazole rings is 1. The summed E-state index contributed by atoms with van der Waals surface area (Å²) >= 11 is 0. The standard InChI is InChI=1S/C18H24N6O2/c1-2-8-18(26-14-15-6-4-3-5-7-15)9-11-23(12-10-18)16(25)13-24-17(19)20-21-22-24/h2-7H,1,8-14H2,(H2,19,20,22). The number of likely N-dealkylation sites (tertiary alicyclic amines) is 1. The van der Waals surface area contributed by atoms with E-state index in [0.717, 1.165) is 24.8 Å². The molecule has 0 spiro atoms. The molecule has 0 saturated carbocycles. The molecule has 0 bridgehead atoms. The summed E-state index contributed by atoms with van der Waals surface area (Å²) in [5, 5.41) is 10.8. The van der Waals surface area contributed by atoms with Crippen molar-refractivity contribution in [3.05, 3.63) is 48.6 Å². The van der Waals surface area contributed by atoms with Gasteiger partial charge >= 0.3 is 0 Å². The highest BCUT2D eigenvalue weighted by molar-refractivity contribution is 5.76. The number of nitrogens with zero attached hydrogens (tertiary/aromatic N) is 5. The number of hydrogen-bond donors (Lipinski definition) is 1. The second-order valence-corrected chi connectivity index (χ2v) is 6.53. The minimum atomic E-state index is -0.276. The second kappa shape index (κ2) is 8.09. The van der Waals surface area contributed by atoms with E-state index in [2.05, 4.69) is 34.2 Å². The molecule has 2 N–H and O–H groups in total. The van der Waals surface area contributed by atoms with Crippen LogP contribution in [-0.2, 0) is 22.7 Å². The maximum atomic E-state index is 12.5. The molecule has 1 aromatic carbocycles. The number of anilines is 1. The van der Waals surface area contributed by atoms with Crippen LogP contribution in [0.25, 0.3) is 0 Å². The topological polar surface area (TPSA) is 99.2 Å². The van der Waals surface area contributed by atoms with Gasteiger partial charge in [-0.15, -0.1) is 6.58 Å². The largest absolute Gasteiger partial charge is 0.370 e. The van der Waals surface area contributed by atoms with Crippen LogP contribution in [0.3, 0.4) is 0 Å². The summed E-state index contributed by atoms with van der Waals surface area (Å²) < 4.78 is 7.59. The summed E-state index contributed by atoms with van der Waals surface area (Å²) in [5.41, 5.74) is 6.49. The van der Waals surface area contributed by atoms with E-state index in [-0.39, 0.29) is 24.0 Å². The minimum absolute atomic E-state index is 0.0423. The van der Waals surface area contributed by atoms with Crippen molar-refractivity contribution >= 4 is 11.9 Å². The van der Waals surface area contributed by atoms with E-state index in [9.17, 15) is 4.79 Å². The molecule has 0 unspecified atom stereocenters. The van der Waals surface area contributed by atoms with Crippen LogP contribution in [0.1, 0.15) is 24.8 Å². The number of nitrogens with two attached hydrogens (primary N) is 1. The van der Waals surface area contributed by atoms with Crippen molar-refractivity contribution in [2.45, 2.75) is 38.0 Å². The van der Waals surface area contributed by atoms with Gasteiger partial charge in [-0.05, 0) is 35.3 Å². The van der Waals surface area contributed by atoms with Gasteiger partial charge in [0.05, 0.1) is 12.2 Å². The first-order valence-electron chi connectivity index (χ1n) is 8.70. The summed E-state index contributed by atoms with van der Waals surface area (Å²) in [6.45, 7) is 5.74. The van der Waals surface area contributed by atoms with Crippen LogP contribution in [0.15, 0.2) is 43.0 Å². The Labute approximate surface area is 152 Å². The number of amides is 1. The first kappa shape index (κ1) is 18.1. The van der Waals surface area contributed by atoms with Gasteiger partial charge < -0.3 is 15.4 Å². The van der Waals surface area contributed by atoms with Crippen molar-refractivity contribution in [3.8, 4) is 0 Å². The zero-order chi connectivity index (χ0) is 18.4. The van der Waals surface area contributed by atoms with Crippen LogP contribution in [-0.4, -0.2) is 49.7 Å². The van der Waals surface area contributed by atoms with Crippen LogP contribution in [0.2, 0.25) is 0 Å². The number of carbonyl (C=O) groups excluding carboxylic acids is 1. The predicted molar refractivity (Wildman–Crippen MR) is 96.8 cm³/mol. The van der Waals surface area contributed by atoms with E-state index < -0.39 is 0 Å². The van der Waals surface area contributed by atoms with Crippen molar-refractivity contribution in [1.29, 1.82) is 0 Å². The van der Waals surface area contributed by atoms with Gasteiger partial charge in [-0.2, -0.15) is 0 Å². The number of carbonyl (C=O) groups is 1. The minimum Gasteiger partial charge on any atom is -0.370 e. The van der Waals surface area contributed by atoms with Crippen molar-refractivity contribution in [2.75, 3.05) is 18.8 Å². The lowest BCUT2D eigenvalue weighted by atomic mass is 9.87. The molecular formula is C18H24N6O2. The molecule has 1 aliphatic rings. The zero-order valence-electron chi connectivity index (χ0n) is 14.8. The van der Waals surface area contributed by atoms with Gasteiger partial charge in [-0.3, -0.25) is 4.79 Å². The molecule has 0 radical (unpaired) electrons. The Morgan fingerprint density at radius 2 is 2.04 bits per heavy atom. The number of aromatic nitrogens is 4. The normalized spacial score (nSPS) is 16.4. The number of nitrogen functional groups attached to an aromatic ring is 1. The molecule has 1 saturated heterocycles. The summed E-state index contributed by atoms with van der Waals surface area (Å²) in [6.07, 6.45) is 4.19. The van der Waals surface area contributed by atoms with Crippen LogP contribution in [0.4, 0.5) is 5.95 Å². The molecule has 26 heavy (non-hydrogen) atoms. The van der Waals surface area contributed by atoms with Gasteiger partial charge in [0.2, 0.25) is 11.9 Å². The van der Waals surface area contributed by atoms with Gasteiger partial charge in [0.1, 0.15) is 6.54 Å². The fourth-order valence-electron chi connectivity index (χ4n) is 3.20. The zero-order valence-corrected chi connectivity index (χ0v) is 14.8. The van der Waals surface area contributed by atoms with Crippen LogP contribution in [0.5, 0.6) is 0 Å². The maximum Gasteiger partial charge on any atom is 0.244 e. The SMILES string of the molecule is C=CCC1(OCc2ccccc2)CCN(C(=O)Cn2nnnc2N)CC1. The van der Waals surface area contributed by atoms with Crippen molar-refractivity contribution in [2.24, 2.45) is 0 Å². The summed E-state index contributed by atoms with van der Waals surface area (Å²) in [4.78, 5) is 14.3. The van der Waals surface area contributed by atoms with Crippen molar-refractivity contribution in [3.63, 3.8) is 0 Å². The van der Waals surface area contributed by atoms with E-state index >= 15 is 0 Å². The van der Waals surface area contributed by atoms with E-state index in [0.29, 0.717) is 19.7 Å². The first-order chi connectivity index (χ1) is 12.6. The summed E-state index contributed by atoms with van der Waals surface area (Å²) in [6, 6.07) is 10.1. The lowest BCUT2D eigenvalue weighted by Gasteiger charge is -2.41. The molecule has 2 aromatic rings. The number of hydrogen-bond acceptors (Lipinski definition) is 6. The fraction of sp³-hybridized carbons (Fsp3) is 0.444. The second-order valence-electron chi connectivity index (χ2n) is 6.53. The smallest absolute Gasteiger partial charge is 0.244 e. The van der Waals surface area contributed by atoms with E-state index in [4.69, 9.17) is 10.5 Å². The third-order valence-electron chi connectivity index (χ3n) is 4.78. The Bertz CT molecular complexity index is 737. The average Bonchev–Trinajstić information content (AvgIpc) is 3.06. The van der Waals surface area contributed by atoms with Crippen molar-refractivity contribution in [1.82, 2.24) is 25.1 Å². The Balaban J connectivity index is 1.57. The Hall–Kier alpha value is -2.74. The fourth-order valence-corrected chi connectivity index (χ4v) is 3.20. The predicted octanol–water partition coefficient (Wildman–Crippen LogP) is 1.41. The van der Waals surface area contributed by atoms with Crippen LogP contribution >= 0.6 is 0 Å². The van der Waals surface area contributed by atoms with E-state index in [1.807, 2.05) is 29.2 Å². The lowest BCUT2D eigenvalue weighted by molar-refractivity contribution is -0.140. The monoisotopic (exact) mass is 356 g/mol. The number of benzene rings is 1. The molecule has 3 rings (SSSR count). The average molecular weight is 356 g/mol. The summed E-state index contributed by atoms with van der Waals surface area (Å²) in [7, 11) is 0. The Kier molecular flexibility index (Phi) is 5.62.